The first-order valence-electron chi connectivity index (χ1n) is 9.59. The zero-order valence-corrected chi connectivity index (χ0v) is 17.5. The Morgan fingerprint density at radius 3 is 2.52 bits per heavy atom. The number of halogens is 4. The van der Waals surface area contributed by atoms with Crippen molar-refractivity contribution < 1.29 is 23.0 Å². The summed E-state index contributed by atoms with van der Waals surface area (Å²) in [6, 6.07) is 16.8. The second-order valence-corrected chi connectivity index (χ2v) is 7.61. The topological polar surface area (TPSA) is 91.6 Å². The smallest absolute Gasteiger partial charge is 0.416 e. The van der Waals surface area contributed by atoms with E-state index in [4.69, 9.17) is 22.1 Å². The molecule has 0 saturated carbocycles. The Labute approximate surface area is 191 Å². The van der Waals surface area contributed by atoms with Crippen LogP contribution < -0.4 is 10.5 Å². The van der Waals surface area contributed by atoms with E-state index in [1.165, 1.54) is 12.3 Å². The molecule has 1 atom stereocenters. The molecule has 3 N–H and O–H groups in total. The highest BCUT2D eigenvalue weighted by Crippen LogP contribution is 2.44. The second kappa shape index (κ2) is 8.52. The number of benzene rings is 3. The molecule has 3 aromatic carbocycles. The zero-order chi connectivity index (χ0) is 23.8. The summed E-state index contributed by atoms with van der Waals surface area (Å²) in [6.45, 7) is 0. The third kappa shape index (κ3) is 4.36. The standard InChI is InChI=1S/C24H15ClF3N3O2/c25-18-7-6-15(24(26,27)28)9-19(18)31-12-14-8-16-21(10-20(14)32)33-23(30)17(11-29)22(16)13-4-2-1-3-5-13/h1-10,12,22,32H,30H2. The molecule has 3 aromatic rings. The van der Waals surface area contributed by atoms with Crippen molar-refractivity contribution in [2.75, 3.05) is 0 Å². The molecule has 0 saturated heterocycles. The van der Waals surface area contributed by atoms with Crippen molar-refractivity contribution >= 4 is 23.5 Å². The molecule has 5 nitrogen and oxygen atoms in total. The predicted octanol–water partition coefficient (Wildman–Crippen LogP) is 6.03. The molecule has 4 rings (SSSR count). The van der Waals surface area contributed by atoms with Gasteiger partial charge in [-0.15, -0.1) is 0 Å². The normalized spacial score (nSPS) is 15.8. The third-order valence-corrected chi connectivity index (χ3v) is 5.43. The van der Waals surface area contributed by atoms with Gasteiger partial charge in [0.05, 0.1) is 22.2 Å². The SMILES string of the molecule is N#CC1=C(N)Oc2cc(O)c(C=Nc3cc(C(F)(F)F)ccc3Cl)cc2C1c1ccccc1. The number of allylic oxidation sites excluding steroid dienone is 1. The summed E-state index contributed by atoms with van der Waals surface area (Å²) in [5.41, 5.74) is 6.65. The molecule has 0 bridgehead atoms. The highest BCUT2D eigenvalue weighted by molar-refractivity contribution is 6.33. The average molecular weight is 470 g/mol. The lowest BCUT2D eigenvalue weighted by Crippen LogP contribution is -2.21. The molecule has 33 heavy (non-hydrogen) atoms. The number of nitriles is 1. The van der Waals surface area contributed by atoms with E-state index >= 15 is 0 Å². The highest BCUT2D eigenvalue weighted by atomic mass is 35.5. The number of rotatable bonds is 3. The zero-order valence-electron chi connectivity index (χ0n) is 16.8. The number of fused-ring (bicyclic) bond motifs is 1. The lowest BCUT2D eigenvalue weighted by molar-refractivity contribution is -0.137. The molecule has 1 aliphatic rings. The van der Waals surface area contributed by atoms with Gasteiger partial charge in [-0.25, -0.2) is 0 Å². The maximum atomic E-state index is 13.0. The molecule has 1 unspecified atom stereocenters. The fourth-order valence-electron chi connectivity index (χ4n) is 3.53. The molecular formula is C24H15ClF3N3O2. The van der Waals surface area contributed by atoms with Crippen LogP contribution in [-0.2, 0) is 6.18 Å². The summed E-state index contributed by atoms with van der Waals surface area (Å²) >= 11 is 6.01. The van der Waals surface area contributed by atoms with Crippen LogP contribution in [0, 0.1) is 11.3 Å². The summed E-state index contributed by atoms with van der Waals surface area (Å²) in [5.74, 6) is -0.618. The highest BCUT2D eigenvalue weighted by Gasteiger charge is 2.32. The van der Waals surface area contributed by atoms with Gasteiger partial charge in [0.1, 0.15) is 23.1 Å². The number of aromatic hydroxyl groups is 1. The quantitative estimate of drug-likeness (QED) is 0.458. The number of ether oxygens (including phenoxy) is 1. The Morgan fingerprint density at radius 2 is 1.85 bits per heavy atom. The Hall–Kier alpha value is -3.96. The van der Waals surface area contributed by atoms with Crippen LogP contribution in [0.4, 0.5) is 18.9 Å². The number of phenolic OH excluding ortho intramolecular Hbond substituents is 1. The van der Waals surface area contributed by atoms with Gasteiger partial charge in [0.15, 0.2) is 0 Å². The Balaban J connectivity index is 1.80. The van der Waals surface area contributed by atoms with Crippen LogP contribution >= 0.6 is 11.6 Å². The molecule has 1 heterocycles. The van der Waals surface area contributed by atoms with Crippen LogP contribution in [0.2, 0.25) is 5.02 Å². The van der Waals surface area contributed by atoms with Crippen molar-refractivity contribution in [3.8, 4) is 17.6 Å². The van der Waals surface area contributed by atoms with Crippen molar-refractivity contribution in [2.45, 2.75) is 12.1 Å². The largest absolute Gasteiger partial charge is 0.507 e. The van der Waals surface area contributed by atoms with Gasteiger partial charge >= 0.3 is 6.18 Å². The molecule has 0 aliphatic carbocycles. The number of nitrogens with two attached hydrogens (primary N) is 1. The maximum Gasteiger partial charge on any atom is 0.416 e. The van der Waals surface area contributed by atoms with E-state index in [2.05, 4.69) is 11.1 Å². The number of alkyl halides is 3. The van der Waals surface area contributed by atoms with Crippen molar-refractivity contribution in [2.24, 2.45) is 10.7 Å². The molecule has 9 heteroatoms. The van der Waals surface area contributed by atoms with Crippen LogP contribution in [0.1, 0.15) is 28.2 Å². The van der Waals surface area contributed by atoms with E-state index in [0.29, 0.717) is 5.56 Å². The van der Waals surface area contributed by atoms with E-state index in [-0.39, 0.29) is 39.2 Å². The van der Waals surface area contributed by atoms with E-state index in [9.17, 15) is 23.5 Å². The van der Waals surface area contributed by atoms with E-state index in [1.54, 1.807) is 6.07 Å². The fraction of sp³-hybridized carbons (Fsp3) is 0.0833. The summed E-state index contributed by atoms with van der Waals surface area (Å²) in [4.78, 5) is 4.05. The predicted molar refractivity (Wildman–Crippen MR) is 118 cm³/mol. The van der Waals surface area contributed by atoms with Crippen LogP contribution in [0.5, 0.6) is 11.5 Å². The summed E-state index contributed by atoms with van der Waals surface area (Å²) in [6.07, 6.45) is -3.35. The van der Waals surface area contributed by atoms with E-state index in [0.717, 1.165) is 23.8 Å². The van der Waals surface area contributed by atoms with Crippen molar-refractivity contribution in [3.05, 3.63) is 99.4 Å². The van der Waals surface area contributed by atoms with Gasteiger partial charge in [0, 0.05) is 23.4 Å². The number of aliphatic imine (C=N–C) groups is 1. The molecule has 0 radical (unpaired) electrons. The van der Waals surface area contributed by atoms with E-state index < -0.39 is 17.7 Å². The average Bonchev–Trinajstić information content (AvgIpc) is 2.77. The maximum absolute atomic E-state index is 13.0. The van der Waals surface area contributed by atoms with Crippen molar-refractivity contribution in [3.63, 3.8) is 0 Å². The summed E-state index contributed by atoms with van der Waals surface area (Å²) in [7, 11) is 0. The number of hydrogen-bond acceptors (Lipinski definition) is 5. The summed E-state index contributed by atoms with van der Waals surface area (Å²) in [5, 5.41) is 20.1. The Kier molecular flexibility index (Phi) is 5.75. The van der Waals surface area contributed by atoms with Crippen LogP contribution in [0.3, 0.4) is 0 Å². The Bertz CT molecular complexity index is 1330. The number of hydrogen-bond donors (Lipinski definition) is 2. The summed E-state index contributed by atoms with van der Waals surface area (Å²) < 4.78 is 44.6. The number of phenols is 1. The molecule has 0 fully saturated rings. The number of nitrogens with zero attached hydrogens (tertiary/aromatic N) is 2. The fourth-order valence-corrected chi connectivity index (χ4v) is 3.70. The lowest BCUT2D eigenvalue weighted by atomic mass is 9.83. The molecule has 0 aromatic heterocycles. The van der Waals surface area contributed by atoms with Gasteiger partial charge in [-0.3, -0.25) is 4.99 Å². The third-order valence-electron chi connectivity index (χ3n) is 5.11. The molecule has 1 aliphatic heterocycles. The van der Waals surface area contributed by atoms with Crippen LogP contribution in [0.25, 0.3) is 0 Å². The first-order valence-corrected chi connectivity index (χ1v) is 9.97. The van der Waals surface area contributed by atoms with E-state index in [1.807, 2.05) is 30.3 Å². The first-order chi connectivity index (χ1) is 15.7. The van der Waals surface area contributed by atoms with Gasteiger partial charge in [-0.2, -0.15) is 18.4 Å². The minimum Gasteiger partial charge on any atom is -0.507 e. The second-order valence-electron chi connectivity index (χ2n) is 7.21. The molecular weight excluding hydrogens is 455 g/mol. The Morgan fingerprint density at radius 1 is 1.12 bits per heavy atom. The van der Waals surface area contributed by atoms with Gasteiger partial charge in [-0.1, -0.05) is 41.9 Å². The van der Waals surface area contributed by atoms with Crippen molar-refractivity contribution in [1.29, 1.82) is 5.26 Å². The van der Waals surface area contributed by atoms with Gasteiger partial charge in [0.2, 0.25) is 5.88 Å². The van der Waals surface area contributed by atoms with Gasteiger partial charge < -0.3 is 15.6 Å². The lowest BCUT2D eigenvalue weighted by Gasteiger charge is -2.27. The van der Waals surface area contributed by atoms with Crippen LogP contribution in [0.15, 0.2) is 77.1 Å². The van der Waals surface area contributed by atoms with Crippen LogP contribution in [-0.4, -0.2) is 11.3 Å². The minimum absolute atomic E-state index is 0.0182. The first kappa shape index (κ1) is 22.2. The van der Waals surface area contributed by atoms with Gasteiger partial charge in [-0.05, 0) is 29.8 Å². The monoisotopic (exact) mass is 469 g/mol. The minimum atomic E-state index is -4.55. The van der Waals surface area contributed by atoms with Gasteiger partial charge in [0.25, 0.3) is 0 Å². The molecule has 0 amide bonds. The molecule has 0 spiro atoms. The van der Waals surface area contributed by atoms with Crippen molar-refractivity contribution in [1.82, 2.24) is 0 Å². The molecule has 166 valence electrons.